The largest absolute Gasteiger partial charge is 0.264 e. The van der Waals surface area contributed by atoms with Gasteiger partial charge in [-0.2, -0.15) is 0 Å². The van der Waals surface area contributed by atoms with Gasteiger partial charge < -0.3 is 0 Å². The Labute approximate surface area is 282 Å². The molecule has 0 radical (unpaired) electrons. The Hall–Kier alpha value is -3.26. The van der Waals surface area contributed by atoms with Gasteiger partial charge in [0.15, 0.2) is 0 Å². The lowest BCUT2D eigenvalue weighted by Gasteiger charge is -2.16. The van der Waals surface area contributed by atoms with Gasteiger partial charge in [-0.1, -0.05) is 190 Å². The van der Waals surface area contributed by atoms with Crippen molar-refractivity contribution in [3.8, 4) is 0 Å². The molecule has 4 rings (SSSR count). The lowest BCUT2D eigenvalue weighted by Crippen LogP contribution is -2.12. The molecule has 2 heteroatoms. The Morgan fingerprint density at radius 2 is 0.778 bits per heavy atom. The van der Waals surface area contributed by atoms with Crippen LogP contribution in [0.25, 0.3) is 0 Å². The average Bonchev–Trinajstić information content (AvgIpc) is 3.10. The van der Waals surface area contributed by atoms with E-state index in [-0.39, 0.29) is 5.41 Å². The summed E-state index contributed by atoms with van der Waals surface area (Å²) in [6, 6.07) is 31.1. The molecule has 0 saturated carbocycles. The van der Waals surface area contributed by atoms with Gasteiger partial charge >= 0.3 is 0 Å². The number of pyridine rings is 2. The van der Waals surface area contributed by atoms with Crippen LogP contribution in [0.2, 0.25) is 0 Å². The van der Waals surface area contributed by atoms with Gasteiger partial charge in [0.1, 0.15) is 0 Å². The van der Waals surface area contributed by atoms with Crippen molar-refractivity contribution in [1.29, 1.82) is 0 Å². The minimum absolute atomic E-state index is 0.182. The first-order valence-electron chi connectivity index (χ1n) is 17.4. The van der Waals surface area contributed by atoms with Crippen molar-refractivity contribution < 1.29 is 0 Å². The second-order valence-electron chi connectivity index (χ2n) is 11.0. The monoisotopic (exact) mass is 617 g/mol. The smallest absolute Gasteiger partial charge is 0.0457 e. The summed E-state index contributed by atoms with van der Waals surface area (Å²) in [6.07, 6.45) is 5.54. The molecule has 2 aromatic heterocycles. The third-order valence-corrected chi connectivity index (χ3v) is 5.72. The van der Waals surface area contributed by atoms with Crippen molar-refractivity contribution in [2.24, 2.45) is 0 Å². The van der Waals surface area contributed by atoms with E-state index in [0.29, 0.717) is 17.8 Å². The summed E-state index contributed by atoms with van der Waals surface area (Å²) >= 11 is 0. The summed E-state index contributed by atoms with van der Waals surface area (Å²) in [5.74, 6) is 1.91. The zero-order chi connectivity index (χ0) is 35.7. The Bertz CT molecular complexity index is 947. The Balaban J connectivity index is -0.000000231. The molecule has 4 aromatic rings. The maximum Gasteiger partial charge on any atom is 0.0457 e. The average molecular weight is 617 g/mol. The van der Waals surface area contributed by atoms with Crippen molar-refractivity contribution in [2.75, 3.05) is 0 Å². The normalized spacial score (nSPS) is 9.16. The van der Waals surface area contributed by atoms with Gasteiger partial charge in [-0.3, -0.25) is 9.97 Å². The van der Waals surface area contributed by atoms with Crippen LogP contribution in [0.1, 0.15) is 158 Å². The molecule has 0 aliphatic heterocycles. The van der Waals surface area contributed by atoms with E-state index in [9.17, 15) is 0 Å². The van der Waals surface area contributed by atoms with E-state index in [1.54, 1.807) is 6.20 Å². The lowest BCUT2D eigenvalue weighted by molar-refractivity contribution is 0.569. The molecule has 2 nitrogen and oxygen atoms in total. The van der Waals surface area contributed by atoms with Crippen LogP contribution in [0.3, 0.4) is 0 Å². The van der Waals surface area contributed by atoms with E-state index < -0.39 is 0 Å². The summed E-state index contributed by atoms with van der Waals surface area (Å²) in [5.41, 5.74) is 5.46. The summed E-state index contributed by atoms with van der Waals surface area (Å²) < 4.78 is 0. The van der Waals surface area contributed by atoms with Gasteiger partial charge in [0.25, 0.3) is 0 Å². The predicted molar refractivity (Wildman–Crippen MR) is 208 cm³/mol. The summed E-state index contributed by atoms with van der Waals surface area (Å²) in [7, 11) is 0. The number of rotatable bonds is 3. The summed E-state index contributed by atoms with van der Waals surface area (Å²) in [6.45, 7) is 35.6. The van der Waals surface area contributed by atoms with Crippen LogP contribution in [0, 0.1) is 0 Å². The van der Waals surface area contributed by atoms with Gasteiger partial charge in [-0.15, -0.1) is 0 Å². The van der Waals surface area contributed by atoms with Crippen LogP contribution in [0.4, 0.5) is 0 Å². The molecular formula is C43H72N2. The fourth-order valence-electron chi connectivity index (χ4n) is 3.20. The Morgan fingerprint density at radius 3 is 0.978 bits per heavy atom. The van der Waals surface area contributed by atoms with Gasteiger partial charge in [-0.05, 0) is 52.6 Å². The Morgan fingerprint density at radius 1 is 0.422 bits per heavy atom. The molecule has 0 amide bonds. The standard InChI is InChI=1S/C9H13N.2C9H12.C8H11N.4C2H6/c1-9(2,3)8-6-4-5-7-10-8;2*1-8(2)9-6-4-3-5-7-9;1-7(2)8-4-3-5-9-6-8;4*1-2/h4-7H,1-3H3;2*3-8H,1-2H3;3-7H,1-2H3;4*1-2H3. The third-order valence-electron chi connectivity index (χ3n) is 5.72. The number of aromatic nitrogens is 2. The second-order valence-corrected chi connectivity index (χ2v) is 11.0. The van der Waals surface area contributed by atoms with Crippen LogP contribution in [0.15, 0.2) is 110 Å². The molecule has 0 atom stereocenters. The van der Waals surface area contributed by atoms with E-state index in [0.717, 1.165) is 5.69 Å². The SMILES string of the molecule is CC.CC.CC.CC.CC(C)(C)c1ccccn1.CC(C)c1ccccc1.CC(C)c1ccccc1.CC(C)c1cccnc1. The van der Waals surface area contributed by atoms with Gasteiger partial charge in [0.2, 0.25) is 0 Å². The van der Waals surface area contributed by atoms with E-state index >= 15 is 0 Å². The number of hydrogen-bond acceptors (Lipinski definition) is 2. The molecule has 2 heterocycles. The molecule has 0 N–H and O–H groups in total. The van der Waals surface area contributed by atoms with E-state index in [2.05, 4.69) is 133 Å². The molecule has 254 valence electrons. The minimum atomic E-state index is 0.182. The van der Waals surface area contributed by atoms with E-state index in [1.165, 1.54) is 16.7 Å². The first-order chi connectivity index (χ1) is 21.5. The molecule has 0 bridgehead atoms. The van der Waals surface area contributed by atoms with Crippen molar-refractivity contribution in [1.82, 2.24) is 9.97 Å². The lowest BCUT2D eigenvalue weighted by atomic mass is 9.92. The minimum Gasteiger partial charge on any atom is -0.264 e. The van der Waals surface area contributed by atoms with Gasteiger partial charge in [0, 0.05) is 29.7 Å². The van der Waals surface area contributed by atoms with Crippen LogP contribution < -0.4 is 0 Å². The maximum absolute atomic E-state index is 4.25. The van der Waals surface area contributed by atoms with Gasteiger partial charge in [0.05, 0.1) is 0 Å². The zero-order valence-corrected chi connectivity index (χ0v) is 32.5. The summed E-state index contributed by atoms with van der Waals surface area (Å²) in [5, 5.41) is 0. The molecule has 0 unspecified atom stereocenters. The molecule has 2 aromatic carbocycles. The fourth-order valence-corrected chi connectivity index (χ4v) is 3.20. The second kappa shape index (κ2) is 33.6. The topological polar surface area (TPSA) is 25.8 Å². The van der Waals surface area contributed by atoms with Crippen molar-refractivity contribution >= 4 is 0 Å². The number of hydrogen-bond donors (Lipinski definition) is 0. The molecule has 0 aliphatic rings. The molecule has 0 aliphatic carbocycles. The molecule has 0 saturated heterocycles. The number of benzene rings is 2. The zero-order valence-electron chi connectivity index (χ0n) is 32.5. The predicted octanol–water partition coefficient (Wildman–Crippen LogP) is 14.3. The third kappa shape index (κ3) is 28.0. The van der Waals surface area contributed by atoms with Crippen LogP contribution in [-0.2, 0) is 5.41 Å². The van der Waals surface area contributed by atoms with Crippen molar-refractivity contribution in [2.45, 2.75) is 141 Å². The molecular weight excluding hydrogens is 544 g/mol. The maximum atomic E-state index is 4.25. The van der Waals surface area contributed by atoms with Crippen LogP contribution >= 0.6 is 0 Å². The van der Waals surface area contributed by atoms with E-state index in [1.807, 2.05) is 98.1 Å². The highest BCUT2D eigenvalue weighted by atomic mass is 14.7. The highest BCUT2D eigenvalue weighted by Crippen LogP contribution is 2.18. The van der Waals surface area contributed by atoms with Crippen LogP contribution in [0.5, 0.6) is 0 Å². The molecule has 0 spiro atoms. The van der Waals surface area contributed by atoms with Crippen molar-refractivity contribution in [3.05, 3.63) is 132 Å². The first kappa shape index (κ1) is 48.6. The van der Waals surface area contributed by atoms with Crippen molar-refractivity contribution in [3.63, 3.8) is 0 Å². The van der Waals surface area contributed by atoms with Gasteiger partial charge in [-0.25, -0.2) is 0 Å². The fraction of sp³-hybridized carbons (Fsp3) is 0.488. The molecule has 45 heavy (non-hydrogen) atoms. The van der Waals surface area contributed by atoms with Crippen LogP contribution in [-0.4, -0.2) is 9.97 Å². The quantitative estimate of drug-likeness (QED) is 0.229. The first-order valence-corrected chi connectivity index (χ1v) is 17.4. The molecule has 0 fully saturated rings. The van der Waals surface area contributed by atoms with E-state index in [4.69, 9.17) is 0 Å². The Kier molecular flexibility index (Phi) is 36.3. The summed E-state index contributed by atoms with van der Waals surface area (Å²) in [4.78, 5) is 8.26. The number of nitrogens with zero attached hydrogens (tertiary/aromatic N) is 2. The highest BCUT2D eigenvalue weighted by molar-refractivity contribution is 5.18. The highest BCUT2D eigenvalue weighted by Gasteiger charge is 2.13.